The Labute approximate surface area is 197 Å². The lowest BCUT2D eigenvalue weighted by molar-refractivity contribution is -0.466. The molecular formula is C20H22N6O6S2. The highest BCUT2D eigenvalue weighted by atomic mass is 32.2. The summed E-state index contributed by atoms with van der Waals surface area (Å²) < 4.78 is 63.0. The summed E-state index contributed by atoms with van der Waals surface area (Å²) in [5, 5.41) is 7.82. The van der Waals surface area contributed by atoms with Crippen molar-refractivity contribution >= 4 is 37.8 Å². The zero-order valence-corrected chi connectivity index (χ0v) is 20.3. The number of amidine groups is 1. The molecule has 0 atom stereocenters. The fraction of sp³-hybridized carbons (Fsp3) is 0.200. The van der Waals surface area contributed by atoms with E-state index >= 15 is 0 Å². The maximum absolute atomic E-state index is 13.1. The number of rotatable bonds is 2. The van der Waals surface area contributed by atoms with Crippen molar-refractivity contribution in [2.75, 3.05) is 28.2 Å². The second kappa shape index (κ2) is 10.00. The highest BCUT2D eigenvalue weighted by Gasteiger charge is 2.46. The second-order valence-electron chi connectivity index (χ2n) is 7.20. The molecule has 1 aliphatic heterocycles. The lowest BCUT2D eigenvalue weighted by Crippen LogP contribution is -2.39. The Bertz CT molecular complexity index is 1440. The Morgan fingerprint density at radius 1 is 1.15 bits per heavy atom. The number of carbonyl (C=O) groups excluding carboxylic acids is 1. The monoisotopic (exact) mass is 506 g/mol. The first-order valence-corrected chi connectivity index (χ1v) is 12.3. The first-order chi connectivity index (χ1) is 15.7. The first kappa shape index (κ1) is 26.5. The Kier molecular flexibility index (Phi) is 7.78. The summed E-state index contributed by atoms with van der Waals surface area (Å²) >= 11 is 0. The van der Waals surface area contributed by atoms with Crippen LogP contribution in [0.5, 0.6) is 0 Å². The lowest BCUT2D eigenvalue weighted by atomic mass is 10.1. The van der Waals surface area contributed by atoms with Crippen molar-refractivity contribution in [3.05, 3.63) is 59.7 Å². The van der Waals surface area contributed by atoms with Gasteiger partial charge in [0.1, 0.15) is 15.0 Å². The van der Waals surface area contributed by atoms with Gasteiger partial charge in [0.2, 0.25) is 5.84 Å². The molecule has 1 aliphatic rings. The topological polar surface area (TPSA) is 180 Å². The molecular weight excluding hydrogens is 484 g/mol. The third kappa shape index (κ3) is 5.39. The molecule has 0 bridgehead atoms. The van der Waals surface area contributed by atoms with E-state index < -0.39 is 36.8 Å². The summed E-state index contributed by atoms with van der Waals surface area (Å²) in [6.07, 6.45) is 1.86. The van der Waals surface area contributed by atoms with Crippen LogP contribution in [-0.2, 0) is 20.1 Å². The van der Waals surface area contributed by atoms with Gasteiger partial charge in [0.15, 0.2) is 6.19 Å². The number of benzene rings is 2. The van der Waals surface area contributed by atoms with Gasteiger partial charge in [0.05, 0.1) is 30.1 Å². The second-order valence-corrected chi connectivity index (χ2v) is 10.3. The molecule has 12 nitrogen and oxygen atoms in total. The highest BCUT2D eigenvalue weighted by molar-refractivity contribution is 7.91. The van der Waals surface area contributed by atoms with E-state index in [1.165, 1.54) is 66.0 Å². The molecule has 1 amide bonds. The average Bonchev–Trinajstić information content (AvgIpc) is 2.97. The van der Waals surface area contributed by atoms with Crippen LogP contribution in [0.25, 0.3) is 0 Å². The molecule has 0 aromatic heterocycles. The van der Waals surface area contributed by atoms with Crippen molar-refractivity contribution in [1.82, 2.24) is 9.21 Å². The minimum atomic E-state index is -5.01. The van der Waals surface area contributed by atoms with Crippen molar-refractivity contribution in [3.8, 4) is 6.19 Å². The Hall–Kier alpha value is -3.80. The summed E-state index contributed by atoms with van der Waals surface area (Å²) in [4.78, 5) is 17.3. The van der Waals surface area contributed by atoms with Gasteiger partial charge in [0, 0.05) is 14.1 Å². The van der Waals surface area contributed by atoms with Gasteiger partial charge in [-0.15, -0.1) is 0 Å². The van der Waals surface area contributed by atoms with Crippen LogP contribution in [0.3, 0.4) is 0 Å². The lowest BCUT2D eigenvalue weighted by Gasteiger charge is -2.18. The molecule has 0 radical (unpaired) electrons. The molecule has 0 spiro atoms. The normalized spacial score (nSPS) is 14.4. The highest BCUT2D eigenvalue weighted by Crippen LogP contribution is 2.32. The van der Waals surface area contributed by atoms with Crippen LogP contribution >= 0.6 is 0 Å². The van der Waals surface area contributed by atoms with Gasteiger partial charge >= 0.3 is 5.96 Å². The number of guanidine groups is 1. The van der Waals surface area contributed by atoms with Crippen molar-refractivity contribution < 1.29 is 30.8 Å². The quantitative estimate of drug-likeness (QED) is 0.144. The Morgan fingerprint density at radius 2 is 1.68 bits per heavy atom. The summed E-state index contributed by atoms with van der Waals surface area (Å²) in [5.74, 6) is -1.74. The molecule has 2 aromatic carbocycles. The molecule has 1 heterocycles. The van der Waals surface area contributed by atoms with Gasteiger partial charge < -0.3 is 9.45 Å². The molecule has 2 aromatic rings. The number of nitriles is 1. The van der Waals surface area contributed by atoms with Crippen molar-refractivity contribution in [2.24, 2.45) is 10.7 Å². The fourth-order valence-corrected chi connectivity index (χ4v) is 4.93. The van der Waals surface area contributed by atoms with E-state index in [2.05, 4.69) is 4.99 Å². The van der Waals surface area contributed by atoms with Crippen molar-refractivity contribution in [3.63, 3.8) is 0 Å². The molecule has 14 heteroatoms. The number of hydrogen-bond acceptors (Lipinski definition) is 8. The fourth-order valence-electron chi connectivity index (χ4n) is 2.69. The van der Waals surface area contributed by atoms with Gasteiger partial charge in [-0.1, -0.05) is 29.3 Å². The van der Waals surface area contributed by atoms with E-state index in [1.54, 1.807) is 14.1 Å². The molecule has 0 fully saturated rings. The predicted molar refractivity (Wildman–Crippen MR) is 121 cm³/mol. The third-order valence-electron chi connectivity index (χ3n) is 4.29. The minimum Gasteiger partial charge on any atom is -0.744 e. The first-order valence-electron chi connectivity index (χ1n) is 9.43. The Balaban J connectivity index is 0.000000739. The van der Waals surface area contributed by atoms with E-state index in [9.17, 15) is 26.2 Å². The number of fused-ring (bicyclic) bond motifs is 1. The molecule has 34 heavy (non-hydrogen) atoms. The van der Waals surface area contributed by atoms with E-state index in [4.69, 9.17) is 11.0 Å². The van der Waals surface area contributed by atoms with Crippen LogP contribution in [-0.4, -0.2) is 81.1 Å². The predicted octanol–water partition coefficient (Wildman–Crippen LogP) is -0.202. The largest absolute Gasteiger partial charge is 0.744 e. The van der Waals surface area contributed by atoms with Crippen molar-refractivity contribution in [1.29, 1.82) is 5.26 Å². The zero-order chi connectivity index (χ0) is 25.8. The summed E-state index contributed by atoms with van der Waals surface area (Å²) in [5.41, 5.74) is 5.35. The molecule has 0 saturated carbocycles. The SMILES string of the molecule is CN(C)C#N.C[N+](C)=C(N)/N=C(\c1ccccc1S(=O)(=O)[O-])N1C(=O)c2ccccc2S1(=O)=O. The van der Waals surface area contributed by atoms with Gasteiger partial charge in [-0.25, -0.2) is 16.8 Å². The molecule has 0 aliphatic carbocycles. The standard InChI is InChI=1S/C17H16N4O6S2.C3H6N2/c1-20(2)17(18)19-15(11-7-3-6-10-14(11)29(25,26)27)21-16(22)12-8-4-5-9-13(12)28(21,23)24;1-5(2)3-4/h3-10,18H,1-2H3,(H,25,26,27);1-2H3/b19-15+;. The number of nitrogens with two attached hydrogens (primary N) is 1. The number of nitrogens with zero attached hydrogens (tertiary/aromatic N) is 5. The zero-order valence-electron chi connectivity index (χ0n) is 18.7. The van der Waals surface area contributed by atoms with E-state index in [-0.39, 0.29) is 22.0 Å². The average molecular weight is 507 g/mol. The van der Waals surface area contributed by atoms with E-state index in [0.29, 0.717) is 4.31 Å². The number of hydrogen-bond donors (Lipinski definition) is 1. The maximum Gasteiger partial charge on any atom is 0.386 e. The third-order valence-corrected chi connectivity index (χ3v) is 6.91. The summed E-state index contributed by atoms with van der Waals surface area (Å²) in [6, 6.07) is 10.4. The van der Waals surface area contributed by atoms with Crippen LogP contribution in [0.2, 0.25) is 0 Å². The van der Waals surface area contributed by atoms with Gasteiger partial charge in [-0.2, -0.15) is 9.57 Å². The number of sulfonamides is 1. The van der Waals surface area contributed by atoms with Crippen LogP contribution in [0.1, 0.15) is 15.9 Å². The molecule has 2 N–H and O–H groups in total. The van der Waals surface area contributed by atoms with E-state index in [0.717, 1.165) is 6.07 Å². The Morgan fingerprint density at radius 3 is 2.18 bits per heavy atom. The van der Waals surface area contributed by atoms with Crippen LogP contribution in [0.15, 0.2) is 63.3 Å². The number of aliphatic imine (C=N–C) groups is 1. The summed E-state index contributed by atoms with van der Waals surface area (Å²) in [6.45, 7) is 0. The van der Waals surface area contributed by atoms with Gasteiger partial charge in [-0.3, -0.25) is 15.1 Å². The van der Waals surface area contributed by atoms with Crippen molar-refractivity contribution in [2.45, 2.75) is 9.79 Å². The summed E-state index contributed by atoms with van der Waals surface area (Å²) in [7, 11) is -3.00. The van der Waals surface area contributed by atoms with Crippen LogP contribution in [0.4, 0.5) is 0 Å². The number of carbonyl (C=O) groups is 1. The van der Waals surface area contributed by atoms with Gasteiger partial charge in [-0.05, 0) is 24.3 Å². The van der Waals surface area contributed by atoms with Crippen LogP contribution < -0.4 is 5.73 Å². The number of amides is 1. The van der Waals surface area contributed by atoms with Gasteiger partial charge in [0.25, 0.3) is 15.9 Å². The van der Waals surface area contributed by atoms with Crippen LogP contribution in [0, 0.1) is 11.5 Å². The molecule has 0 unspecified atom stereocenters. The van der Waals surface area contributed by atoms with E-state index in [1.807, 2.05) is 6.19 Å². The molecule has 0 saturated heterocycles. The smallest absolute Gasteiger partial charge is 0.386 e. The minimum absolute atomic E-state index is 0.105. The molecule has 3 rings (SSSR count). The molecule has 180 valence electrons. The maximum atomic E-state index is 13.1.